The van der Waals surface area contributed by atoms with Crippen LogP contribution in [0.15, 0.2) is 24.5 Å². The fourth-order valence-corrected chi connectivity index (χ4v) is 2.34. The summed E-state index contributed by atoms with van der Waals surface area (Å²) in [5.41, 5.74) is -1.86. The Morgan fingerprint density at radius 2 is 2.05 bits per heavy atom. The van der Waals surface area contributed by atoms with Crippen molar-refractivity contribution in [1.29, 1.82) is 0 Å². The van der Waals surface area contributed by atoms with Gasteiger partial charge in [-0.1, -0.05) is 6.07 Å². The van der Waals surface area contributed by atoms with Gasteiger partial charge in [0.15, 0.2) is 0 Å². The third-order valence-corrected chi connectivity index (χ3v) is 3.51. The molecule has 0 aliphatic heterocycles. The lowest BCUT2D eigenvalue weighted by Gasteiger charge is -2.22. The molecule has 0 bridgehead atoms. The lowest BCUT2D eigenvalue weighted by molar-refractivity contribution is -0.179. The fraction of sp³-hybridized carbons (Fsp3) is 0.333. The maximum Gasteiger partial charge on any atom is 0.411 e. The minimum atomic E-state index is -4.41. The molecule has 0 saturated heterocycles. The summed E-state index contributed by atoms with van der Waals surface area (Å²) in [6.45, 7) is 0. The quantitative estimate of drug-likeness (QED) is 0.912. The second-order valence-electron chi connectivity index (χ2n) is 4.62. The van der Waals surface area contributed by atoms with Crippen molar-refractivity contribution in [2.75, 3.05) is 0 Å². The minimum absolute atomic E-state index is 0.0322. The predicted molar refractivity (Wildman–Crippen MR) is 60.0 cm³/mol. The zero-order chi connectivity index (χ0) is 13.8. The van der Waals surface area contributed by atoms with Gasteiger partial charge in [-0.3, -0.25) is 0 Å². The molecular formula is C12H9F3N2O2. The van der Waals surface area contributed by atoms with E-state index in [4.69, 9.17) is 5.11 Å². The second kappa shape index (κ2) is 3.49. The summed E-state index contributed by atoms with van der Waals surface area (Å²) in [4.78, 5) is 15.0. The molecule has 19 heavy (non-hydrogen) atoms. The first-order valence-electron chi connectivity index (χ1n) is 5.63. The van der Waals surface area contributed by atoms with Crippen molar-refractivity contribution in [3.05, 3.63) is 30.1 Å². The van der Waals surface area contributed by atoms with Crippen LogP contribution < -0.4 is 0 Å². The summed E-state index contributed by atoms with van der Waals surface area (Å²) >= 11 is 0. The van der Waals surface area contributed by atoms with Crippen LogP contribution in [0, 0.1) is 0 Å². The van der Waals surface area contributed by atoms with E-state index in [1.54, 1.807) is 0 Å². The Morgan fingerprint density at radius 3 is 2.58 bits per heavy atom. The molecule has 2 aromatic rings. The van der Waals surface area contributed by atoms with Gasteiger partial charge in [-0.05, 0) is 25.0 Å². The van der Waals surface area contributed by atoms with E-state index in [0.717, 1.165) is 10.9 Å². The molecule has 0 amide bonds. The molecule has 1 aliphatic rings. The van der Waals surface area contributed by atoms with Gasteiger partial charge in [0.1, 0.15) is 5.54 Å². The van der Waals surface area contributed by atoms with Crippen LogP contribution in [-0.2, 0) is 5.54 Å². The molecule has 0 atom stereocenters. The Bertz CT molecular complexity index is 671. The van der Waals surface area contributed by atoms with E-state index in [1.165, 1.54) is 18.2 Å². The molecule has 0 spiro atoms. The number of carboxylic acids is 1. The SMILES string of the molecule is O=C(O)c1cccc2ncn(C3(C(F)(F)F)CC3)c12. The number of aromatic carboxylic acids is 1. The first-order valence-corrected chi connectivity index (χ1v) is 5.63. The second-order valence-corrected chi connectivity index (χ2v) is 4.62. The lowest BCUT2D eigenvalue weighted by Crippen LogP contribution is -2.34. The number of imidazole rings is 1. The van der Waals surface area contributed by atoms with Crippen LogP contribution in [0.4, 0.5) is 13.2 Å². The molecule has 1 N–H and O–H groups in total. The van der Waals surface area contributed by atoms with Gasteiger partial charge in [-0.2, -0.15) is 13.2 Å². The Balaban J connectivity index is 2.29. The Hall–Kier alpha value is -2.05. The van der Waals surface area contributed by atoms with Crippen LogP contribution in [0.2, 0.25) is 0 Å². The number of halogens is 3. The monoisotopic (exact) mass is 270 g/mol. The molecule has 0 radical (unpaired) electrons. The maximum absolute atomic E-state index is 13.1. The zero-order valence-corrected chi connectivity index (χ0v) is 9.61. The zero-order valence-electron chi connectivity index (χ0n) is 9.61. The van der Waals surface area contributed by atoms with Crippen molar-refractivity contribution in [2.45, 2.75) is 24.6 Å². The molecule has 1 aliphatic carbocycles. The minimum Gasteiger partial charge on any atom is -0.478 e. The molecular weight excluding hydrogens is 261 g/mol. The smallest absolute Gasteiger partial charge is 0.411 e. The molecule has 100 valence electrons. The maximum atomic E-state index is 13.1. The van der Waals surface area contributed by atoms with E-state index < -0.39 is 17.7 Å². The summed E-state index contributed by atoms with van der Waals surface area (Å²) in [5.74, 6) is -1.26. The number of carboxylic acid groups (broad SMARTS) is 1. The highest BCUT2D eigenvalue weighted by Crippen LogP contribution is 2.56. The number of rotatable bonds is 2. The molecule has 3 rings (SSSR count). The van der Waals surface area contributed by atoms with E-state index in [2.05, 4.69) is 4.98 Å². The van der Waals surface area contributed by atoms with Crippen molar-refractivity contribution in [1.82, 2.24) is 9.55 Å². The Labute approximate surface area is 105 Å². The van der Waals surface area contributed by atoms with Crippen LogP contribution in [0.1, 0.15) is 23.2 Å². The number of benzene rings is 1. The summed E-state index contributed by atoms with van der Waals surface area (Å²) in [6.07, 6.45) is -3.42. The van der Waals surface area contributed by atoms with E-state index in [0.29, 0.717) is 0 Å². The van der Waals surface area contributed by atoms with Gasteiger partial charge >= 0.3 is 12.1 Å². The summed E-state index contributed by atoms with van der Waals surface area (Å²) < 4.78 is 40.3. The summed E-state index contributed by atoms with van der Waals surface area (Å²) in [7, 11) is 0. The molecule has 1 aromatic heterocycles. The molecule has 7 heteroatoms. The van der Waals surface area contributed by atoms with Gasteiger partial charge in [-0.15, -0.1) is 0 Å². The third-order valence-electron chi connectivity index (χ3n) is 3.51. The Morgan fingerprint density at radius 1 is 1.37 bits per heavy atom. The van der Waals surface area contributed by atoms with Crippen molar-refractivity contribution < 1.29 is 23.1 Å². The van der Waals surface area contributed by atoms with Gasteiger partial charge < -0.3 is 9.67 Å². The third kappa shape index (κ3) is 1.54. The summed E-state index contributed by atoms with van der Waals surface area (Å²) in [6, 6.07) is 4.26. The number of fused-ring (bicyclic) bond motifs is 1. The highest BCUT2D eigenvalue weighted by Gasteiger charge is 2.65. The van der Waals surface area contributed by atoms with Gasteiger partial charge in [0.25, 0.3) is 0 Å². The average molecular weight is 270 g/mol. The van der Waals surface area contributed by atoms with E-state index in [1.807, 2.05) is 0 Å². The number of alkyl halides is 3. The largest absolute Gasteiger partial charge is 0.478 e. The van der Waals surface area contributed by atoms with Crippen LogP contribution in [0.25, 0.3) is 11.0 Å². The molecule has 1 heterocycles. The van der Waals surface area contributed by atoms with Gasteiger partial charge in [0.2, 0.25) is 0 Å². The van der Waals surface area contributed by atoms with Crippen molar-refractivity contribution >= 4 is 17.0 Å². The first kappa shape index (κ1) is 12.0. The Kier molecular flexibility index (Phi) is 2.21. The molecule has 1 saturated carbocycles. The number of para-hydroxylation sites is 1. The van der Waals surface area contributed by atoms with Gasteiger partial charge in [0, 0.05) is 0 Å². The van der Waals surface area contributed by atoms with Crippen molar-refractivity contribution in [2.24, 2.45) is 0 Å². The van der Waals surface area contributed by atoms with Gasteiger partial charge in [0.05, 0.1) is 22.9 Å². The van der Waals surface area contributed by atoms with Crippen LogP contribution in [-0.4, -0.2) is 26.8 Å². The molecule has 0 unspecified atom stereocenters. The highest BCUT2D eigenvalue weighted by atomic mass is 19.4. The molecule has 4 nitrogen and oxygen atoms in total. The first-order chi connectivity index (χ1) is 8.87. The van der Waals surface area contributed by atoms with Crippen LogP contribution >= 0.6 is 0 Å². The van der Waals surface area contributed by atoms with Crippen molar-refractivity contribution in [3.8, 4) is 0 Å². The van der Waals surface area contributed by atoms with E-state index >= 15 is 0 Å². The van der Waals surface area contributed by atoms with Gasteiger partial charge in [-0.25, -0.2) is 9.78 Å². The number of carbonyl (C=O) groups is 1. The number of nitrogens with zero attached hydrogens (tertiary/aromatic N) is 2. The number of hydrogen-bond donors (Lipinski definition) is 1. The fourth-order valence-electron chi connectivity index (χ4n) is 2.34. The highest BCUT2D eigenvalue weighted by molar-refractivity contribution is 6.01. The standard InChI is InChI=1S/C12H9F3N2O2/c13-12(14,15)11(4-5-11)17-6-16-8-3-1-2-7(9(8)17)10(18)19/h1-3,6H,4-5H2,(H,18,19). The topological polar surface area (TPSA) is 55.1 Å². The van der Waals surface area contributed by atoms with E-state index in [9.17, 15) is 18.0 Å². The predicted octanol–water partition coefficient (Wildman–Crippen LogP) is 2.79. The van der Waals surface area contributed by atoms with Crippen LogP contribution in [0.3, 0.4) is 0 Å². The summed E-state index contributed by atoms with van der Waals surface area (Å²) in [5, 5.41) is 9.09. The normalized spacial score (nSPS) is 17.6. The average Bonchev–Trinajstić information content (AvgIpc) is 3.03. The number of aromatic nitrogens is 2. The molecule has 1 fully saturated rings. The lowest BCUT2D eigenvalue weighted by atomic mass is 10.1. The number of hydrogen-bond acceptors (Lipinski definition) is 2. The van der Waals surface area contributed by atoms with Crippen LogP contribution in [0.5, 0.6) is 0 Å². The van der Waals surface area contributed by atoms with Crippen molar-refractivity contribution in [3.63, 3.8) is 0 Å². The van der Waals surface area contributed by atoms with E-state index in [-0.39, 0.29) is 29.4 Å². The molecule has 1 aromatic carbocycles.